The van der Waals surface area contributed by atoms with E-state index in [9.17, 15) is 8.42 Å². The maximum atomic E-state index is 12.8. The predicted molar refractivity (Wildman–Crippen MR) is 83.8 cm³/mol. The van der Waals surface area contributed by atoms with Crippen molar-refractivity contribution in [2.75, 3.05) is 0 Å². The van der Waals surface area contributed by atoms with Gasteiger partial charge in [-0.15, -0.1) is 11.3 Å². The molecule has 0 radical (unpaired) electrons. The molecule has 1 fully saturated rings. The smallest absolute Gasteiger partial charge is 0.243 e. The Morgan fingerprint density at radius 1 is 1.24 bits per heavy atom. The van der Waals surface area contributed by atoms with Crippen molar-refractivity contribution in [2.24, 2.45) is 0 Å². The Balaban J connectivity index is 1.90. The van der Waals surface area contributed by atoms with Gasteiger partial charge in [0.25, 0.3) is 0 Å². The number of hydrogen-bond acceptors (Lipinski definition) is 4. The molecule has 0 unspecified atom stereocenters. The first kappa shape index (κ1) is 14.7. The van der Waals surface area contributed by atoms with E-state index in [4.69, 9.17) is 0 Å². The number of benzene rings is 1. The first-order valence-electron chi connectivity index (χ1n) is 6.96. The van der Waals surface area contributed by atoms with Crippen LogP contribution in [0.5, 0.6) is 0 Å². The van der Waals surface area contributed by atoms with Crippen molar-refractivity contribution in [2.45, 2.75) is 44.2 Å². The molecular formula is C15H18N2O2S2. The average molecular weight is 322 g/mol. The summed E-state index contributed by atoms with van der Waals surface area (Å²) in [4.78, 5) is 4.76. The van der Waals surface area contributed by atoms with Crippen LogP contribution in [-0.4, -0.2) is 23.7 Å². The second-order valence-corrected chi connectivity index (χ2v) is 8.41. The van der Waals surface area contributed by atoms with Gasteiger partial charge >= 0.3 is 0 Å². The van der Waals surface area contributed by atoms with Crippen molar-refractivity contribution in [3.05, 3.63) is 45.9 Å². The molecule has 0 bridgehead atoms. The fourth-order valence-electron chi connectivity index (χ4n) is 2.26. The van der Waals surface area contributed by atoms with Crippen LogP contribution in [0.4, 0.5) is 0 Å². The van der Waals surface area contributed by atoms with Crippen LogP contribution in [0.25, 0.3) is 0 Å². The predicted octanol–water partition coefficient (Wildman–Crippen LogP) is 3.11. The summed E-state index contributed by atoms with van der Waals surface area (Å²) in [7, 11) is -3.45. The third-order valence-corrected chi connectivity index (χ3v) is 6.30. The van der Waals surface area contributed by atoms with E-state index in [2.05, 4.69) is 4.98 Å². The summed E-state index contributed by atoms with van der Waals surface area (Å²) < 4.78 is 27.3. The molecule has 1 aliphatic carbocycles. The highest BCUT2D eigenvalue weighted by Gasteiger charge is 2.38. The number of hydrogen-bond donors (Lipinski definition) is 0. The van der Waals surface area contributed by atoms with E-state index >= 15 is 0 Å². The van der Waals surface area contributed by atoms with Crippen molar-refractivity contribution in [1.82, 2.24) is 9.29 Å². The van der Waals surface area contributed by atoms with E-state index in [1.807, 2.05) is 31.4 Å². The third-order valence-electron chi connectivity index (χ3n) is 3.57. The lowest BCUT2D eigenvalue weighted by molar-refractivity contribution is 0.395. The third kappa shape index (κ3) is 3.17. The molecular weight excluding hydrogens is 304 g/mol. The second kappa shape index (κ2) is 5.51. The zero-order valence-corrected chi connectivity index (χ0v) is 13.7. The van der Waals surface area contributed by atoms with Gasteiger partial charge in [-0.1, -0.05) is 17.7 Å². The van der Waals surface area contributed by atoms with Crippen LogP contribution in [0.15, 0.2) is 34.5 Å². The van der Waals surface area contributed by atoms with Crippen molar-refractivity contribution >= 4 is 21.4 Å². The fraction of sp³-hybridized carbons (Fsp3) is 0.400. The summed E-state index contributed by atoms with van der Waals surface area (Å²) in [5.41, 5.74) is 1.89. The van der Waals surface area contributed by atoms with Gasteiger partial charge in [0.15, 0.2) is 0 Å². The molecule has 0 N–H and O–H groups in total. The summed E-state index contributed by atoms with van der Waals surface area (Å²) >= 11 is 1.55. The van der Waals surface area contributed by atoms with Crippen LogP contribution in [0, 0.1) is 13.8 Å². The zero-order chi connectivity index (χ0) is 15.0. The normalized spacial score (nSPS) is 15.6. The van der Waals surface area contributed by atoms with Gasteiger partial charge in [0, 0.05) is 11.4 Å². The van der Waals surface area contributed by atoms with Crippen LogP contribution >= 0.6 is 11.3 Å². The van der Waals surface area contributed by atoms with Crippen LogP contribution in [0.3, 0.4) is 0 Å². The van der Waals surface area contributed by atoms with Crippen molar-refractivity contribution in [3.8, 4) is 0 Å². The van der Waals surface area contributed by atoms with E-state index in [1.54, 1.807) is 27.8 Å². The molecule has 0 amide bonds. The molecule has 3 rings (SSSR count). The van der Waals surface area contributed by atoms with Crippen molar-refractivity contribution < 1.29 is 8.42 Å². The minimum atomic E-state index is -3.45. The fourth-order valence-corrected chi connectivity index (χ4v) is 4.52. The van der Waals surface area contributed by atoms with Gasteiger partial charge in [0.1, 0.15) is 0 Å². The molecule has 0 aliphatic heterocycles. The Hall–Kier alpha value is -1.24. The molecule has 2 aromatic rings. The highest BCUT2D eigenvalue weighted by molar-refractivity contribution is 7.89. The van der Waals surface area contributed by atoms with Crippen LogP contribution in [0.1, 0.15) is 29.1 Å². The average Bonchev–Trinajstić information content (AvgIpc) is 3.19. The molecule has 112 valence electrons. The SMILES string of the molecule is Cc1ccc(S(=O)(=O)N(Cc2csc(C)n2)C2CC2)cc1. The van der Waals surface area contributed by atoms with Gasteiger partial charge < -0.3 is 0 Å². The Morgan fingerprint density at radius 2 is 1.90 bits per heavy atom. The van der Waals surface area contributed by atoms with Gasteiger partial charge in [-0.2, -0.15) is 4.31 Å². The Labute approximate surface area is 129 Å². The van der Waals surface area contributed by atoms with E-state index in [0.717, 1.165) is 29.1 Å². The maximum Gasteiger partial charge on any atom is 0.243 e. The molecule has 1 heterocycles. The molecule has 1 aliphatic rings. The van der Waals surface area contributed by atoms with Gasteiger partial charge in [-0.05, 0) is 38.8 Å². The Kier molecular flexibility index (Phi) is 3.86. The number of sulfonamides is 1. The quantitative estimate of drug-likeness (QED) is 0.850. The number of nitrogens with zero attached hydrogens (tertiary/aromatic N) is 2. The summed E-state index contributed by atoms with van der Waals surface area (Å²) in [6.07, 6.45) is 1.88. The van der Waals surface area contributed by atoms with Gasteiger partial charge in [0.2, 0.25) is 10.0 Å². The summed E-state index contributed by atoms with van der Waals surface area (Å²) in [6.45, 7) is 4.25. The minimum absolute atomic E-state index is 0.123. The lowest BCUT2D eigenvalue weighted by Crippen LogP contribution is -2.32. The number of rotatable bonds is 5. The summed E-state index contributed by atoms with van der Waals surface area (Å²) in [6, 6.07) is 7.17. The van der Waals surface area contributed by atoms with E-state index in [-0.39, 0.29) is 6.04 Å². The molecule has 0 saturated heterocycles. The lowest BCUT2D eigenvalue weighted by Gasteiger charge is -2.21. The maximum absolute atomic E-state index is 12.8. The molecule has 21 heavy (non-hydrogen) atoms. The molecule has 4 nitrogen and oxygen atoms in total. The molecule has 1 aromatic carbocycles. The highest BCUT2D eigenvalue weighted by atomic mass is 32.2. The largest absolute Gasteiger partial charge is 0.245 e. The number of thiazole rings is 1. The van der Waals surface area contributed by atoms with Crippen molar-refractivity contribution in [1.29, 1.82) is 0 Å². The van der Waals surface area contributed by atoms with Gasteiger partial charge in [-0.3, -0.25) is 0 Å². The Bertz CT molecular complexity index is 731. The topological polar surface area (TPSA) is 50.3 Å². The number of aryl methyl sites for hydroxylation is 2. The zero-order valence-electron chi connectivity index (χ0n) is 12.1. The first-order chi connectivity index (χ1) is 9.96. The molecule has 1 aromatic heterocycles. The second-order valence-electron chi connectivity index (χ2n) is 5.45. The highest BCUT2D eigenvalue weighted by Crippen LogP contribution is 2.33. The number of aromatic nitrogens is 1. The van der Waals surface area contributed by atoms with Crippen LogP contribution in [0.2, 0.25) is 0 Å². The summed E-state index contributed by atoms with van der Waals surface area (Å²) in [5, 5.41) is 2.91. The monoisotopic (exact) mass is 322 g/mol. The standard InChI is InChI=1S/C15H18N2O2S2/c1-11-3-7-15(8-4-11)21(18,19)17(14-5-6-14)9-13-10-20-12(2)16-13/h3-4,7-8,10,14H,5-6,9H2,1-2H3. The molecule has 0 atom stereocenters. The van der Waals surface area contributed by atoms with Gasteiger partial charge in [-0.25, -0.2) is 13.4 Å². The van der Waals surface area contributed by atoms with Crippen LogP contribution < -0.4 is 0 Å². The molecule has 0 spiro atoms. The van der Waals surface area contributed by atoms with Gasteiger partial charge in [0.05, 0.1) is 22.1 Å². The first-order valence-corrected chi connectivity index (χ1v) is 9.28. The lowest BCUT2D eigenvalue weighted by atomic mass is 10.2. The van der Waals surface area contributed by atoms with Crippen LogP contribution in [-0.2, 0) is 16.6 Å². The summed E-state index contributed by atoms with van der Waals surface area (Å²) in [5.74, 6) is 0. The van der Waals surface area contributed by atoms with E-state index in [0.29, 0.717) is 11.4 Å². The van der Waals surface area contributed by atoms with Crippen molar-refractivity contribution in [3.63, 3.8) is 0 Å². The Morgan fingerprint density at radius 3 is 2.43 bits per heavy atom. The van der Waals surface area contributed by atoms with E-state index < -0.39 is 10.0 Å². The molecule has 1 saturated carbocycles. The minimum Gasteiger partial charge on any atom is -0.245 e. The van der Waals surface area contributed by atoms with E-state index in [1.165, 1.54) is 0 Å². The molecule has 6 heteroatoms.